The molecule has 0 saturated carbocycles. The highest BCUT2D eigenvalue weighted by Crippen LogP contribution is 2.26. The van der Waals surface area contributed by atoms with E-state index in [1.807, 2.05) is 0 Å². The first-order chi connectivity index (χ1) is 6.25. The third-order valence-electron chi connectivity index (χ3n) is 2.53. The van der Waals surface area contributed by atoms with Gasteiger partial charge in [0.25, 0.3) is 0 Å². The molecule has 0 aliphatic carbocycles. The van der Waals surface area contributed by atoms with Crippen molar-refractivity contribution in [2.45, 2.75) is 24.9 Å². The van der Waals surface area contributed by atoms with Crippen LogP contribution in [0, 0.1) is 0 Å². The number of hydrogen-bond acceptors (Lipinski definition) is 3. The van der Waals surface area contributed by atoms with Gasteiger partial charge in [-0.05, 0) is 0 Å². The fourth-order valence-electron chi connectivity index (χ4n) is 1.62. The highest BCUT2D eigenvalue weighted by Gasteiger charge is 2.38. The van der Waals surface area contributed by atoms with E-state index in [1.165, 1.54) is 0 Å². The van der Waals surface area contributed by atoms with Crippen LogP contribution in [0.1, 0.15) is 19.3 Å². The summed E-state index contributed by atoms with van der Waals surface area (Å²) < 4.78 is 10.5. The van der Waals surface area contributed by atoms with Crippen molar-refractivity contribution in [1.29, 1.82) is 0 Å². The number of hydrogen-bond donors (Lipinski definition) is 0. The number of carbonyl (C=O) groups excluding carboxylic acids is 1. The number of ether oxygens (including phenoxy) is 2. The van der Waals surface area contributed by atoms with Crippen molar-refractivity contribution in [2.75, 3.05) is 20.3 Å². The molecule has 0 amide bonds. The molecule has 0 aromatic carbocycles. The summed E-state index contributed by atoms with van der Waals surface area (Å²) in [4.78, 5) is 11.7. The van der Waals surface area contributed by atoms with Crippen molar-refractivity contribution in [3.63, 3.8) is 0 Å². The lowest BCUT2D eigenvalue weighted by molar-refractivity contribution is -0.151. The standard InChI is InChI=1S/C10H16O3/c1-3-4-9(11)10(12-2)5-7-13-8-6-10/h3H,1,4-8H2,2H3. The van der Waals surface area contributed by atoms with Crippen molar-refractivity contribution >= 4 is 5.78 Å². The molecule has 3 nitrogen and oxygen atoms in total. The molecule has 0 unspecified atom stereocenters. The Labute approximate surface area is 78.7 Å². The van der Waals surface area contributed by atoms with Crippen LogP contribution < -0.4 is 0 Å². The summed E-state index contributed by atoms with van der Waals surface area (Å²) in [5.74, 6) is 0.119. The minimum Gasteiger partial charge on any atom is -0.381 e. The van der Waals surface area contributed by atoms with Gasteiger partial charge in [0.2, 0.25) is 0 Å². The van der Waals surface area contributed by atoms with Gasteiger partial charge in [-0.3, -0.25) is 4.79 Å². The molecule has 1 saturated heterocycles. The maximum Gasteiger partial charge on any atom is 0.168 e. The number of ketones is 1. The summed E-state index contributed by atoms with van der Waals surface area (Å²) >= 11 is 0. The molecule has 13 heavy (non-hydrogen) atoms. The van der Waals surface area contributed by atoms with E-state index in [4.69, 9.17) is 9.47 Å². The quantitative estimate of drug-likeness (QED) is 0.618. The predicted molar refractivity (Wildman–Crippen MR) is 49.6 cm³/mol. The van der Waals surface area contributed by atoms with Gasteiger partial charge in [0.1, 0.15) is 5.60 Å². The van der Waals surface area contributed by atoms with Crippen LogP contribution >= 0.6 is 0 Å². The first-order valence-electron chi connectivity index (χ1n) is 4.52. The second-order valence-corrected chi connectivity index (χ2v) is 3.23. The zero-order chi connectivity index (χ0) is 9.73. The van der Waals surface area contributed by atoms with E-state index in [0.29, 0.717) is 32.5 Å². The lowest BCUT2D eigenvalue weighted by atomic mass is 9.88. The summed E-state index contributed by atoms with van der Waals surface area (Å²) in [5, 5.41) is 0. The third kappa shape index (κ3) is 2.17. The van der Waals surface area contributed by atoms with E-state index in [-0.39, 0.29) is 5.78 Å². The van der Waals surface area contributed by atoms with Gasteiger partial charge in [-0.1, -0.05) is 6.08 Å². The maximum atomic E-state index is 11.7. The normalized spacial score (nSPS) is 21.0. The van der Waals surface area contributed by atoms with Crippen LogP contribution in [0.2, 0.25) is 0 Å². The molecule has 1 aliphatic heterocycles. The van der Waals surface area contributed by atoms with E-state index in [9.17, 15) is 4.79 Å². The Morgan fingerprint density at radius 3 is 2.69 bits per heavy atom. The molecule has 1 heterocycles. The molecular weight excluding hydrogens is 168 g/mol. The van der Waals surface area contributed by atoms with Gasteiger partial charge in [-0.25, -0.2) is 0 Å². The number of allylic oxidation sites excluding steroid dienone is 1. The van der Waals surface area contributed by atoms with E-state index < -0.39 is 5.60 Å². The Bertz CT molecular complexity index is 192. The number of carbonyl (C=O) groups is 1. The lowest BCUT2D eigenvalue weighted by Crippen LogP contribution is -2.45. The van der Waals surface area contributed by atoms with E-state index >= 15 is 0 Å². The van der Waals surface area contributed by atoms with E-state index in [2.05, 4.69) is 6.58 Å². The highest BCUT2D eigenvalue weighted by atomic mass is 16.5. The SMILES string of the molecule is C=CCC(=O)C1(OC)CCOCC1. The smallest absolute Gasteiger partial charge is 0.168 e. The lowest BCUT2D eigenvalue weighted by Gasteiger charge is -2.34. The zero-order valence-corrected chi connectivity index (χ0v) is 8.04. The van der Waals surface area contributed by atoms with Crippen molar-refractivity contribution in [2.24, 2.45) is 0 Å². The van der Waals surface area contributed by atoms with Gasteiger partial charge < -0.3 is 9.47 Å². The van der Waals surface area contributed by atoms with Crippen LogP contribution in [0.15, 0.2) is 12.7 Å². The summed E-state index contributed by atoms with van der Waals surface area (Å²) in [6.07, 6.45) is 3.33. The molecule has 3 heteroatoms. The molecule has 0 radical (unpaired) electrons. The topological polar surface area (TPSA) is 35.5 Å². The molecule has 1 aliphatic rings. The van der Waals surface area contributed by atoms with Crippen LogP contribution in [0.5, 0.6) is 0 Å². The average molecular weight is 184 g/mol. The number of rotatable bonds is 4. The second kappa shape index (κ2) is 4.53. The molecule has 1 rings (SSSR count). The van der Waals surface area contributed by atoms with Gasteiger partial charge in [0, 0.05) is 39.6 Å². The Morgan fingerprint density at radius 2 is 2.23 bits per heavy atom. The minimum absolute atomic E-state index is 0.119. The van der Waals surface area contributed by atoms with Gasteiger partial charge in [0.15, 0.2) is 5.78 Å². The van der Waals surface area contributed by atoms with Crippen LogP contribution in [0.3, 0.4) is 0 Å². The Hall–Kier alpha value is -0.670. The molecule has 1 fully saturated rings. The van der Waals surface area contributed by atoms with Crippen LogP contribution in [0.4, 0.5) is 0 Å². The first kappa shape index (κ1) is 10.4. The van der Waals surface area contributed by atoms with Crippen molar-refractivity contribution in [3.05, 3.63) is 12.7 Å². The summed E-state index contributed by atoms with van der Waals surface area (Å²) in [6.45, 7) is 4.77. The van der Waals surface area contributed by atoms with E-state index in [0.717, 1.165) is 0 Å². The van der Waals surface area contributed by atoms with Gasteiger partial charge >= 0.3 is 0 Å². The summed E-state index contributed by atoms with van der Waals surface area (Å²) in [7, 11) is 1.59. The van der Waals surface area contributed by atoms with Gasteiger partial charge in [0.05, 0.1) is 0 Å². The Balaban J connectivity index is 2.66. The predicted octanol–water partition coefficient (Wildman–Crippen LogP) is 1.33. The Morgan fingerprint density at radius 1 is 1.62 bits per heavy atom. The largest absolute Gasteiger partial charge is 0.381 e. The number of methoxy groups -OCH3 is 1. The van der Waals surface area contributed by atoms with Gasteiger partial charge in [-0.15, -0.1) is 6.58 Å². The average Bonchev–Trinajstić information content (AvgIpc) is 2.19. The molecule has 0 bridgehead atoms. The first-order valence-corrected chi connectivity index (χ1v) is 4.52. The summed E-state index contributed by atoms with van der Waals surface area (Å²) in [6, 6.07) is 0. The Kier molecular flexibility index (Phi) is 3.63. The number of Topliss-reactive ketones (excluding diaryl/α,β-unsaturated/α-hetero) is 1. The fourth-order valence-corrected chi connectivity index (χ4v) is 1.62. The van der Waals surface area contributed by atoms with Crippen LogP contribution in [0.25, 0.3) is 0 Å². The van der Waals surface area contributed by atoms with Gasteiger partial charge in [-0.2, -0.15) is 0 Å². The molecule has 0 atom stereocenters. The van der Waals surface area contributed by atoms with Crippen molar-refractivity contribution in [1.82, 2.24) is 0 Å². The second-order valence-electron chi connectivity index (χ2n) is 3.23. The molecule has 74 valence electrons. The van der Waals surface area contributed by atoms with E-state index in [1.54, 1.807) is 13.2 Å². The van der Waals surface area contributed by atoms with Crippen LogP contribution in [-0.2, 0) is 14.3 Å². The fraction of sp³-hybridized carbons (Fsp3) is 0.700. The molecule has 0 aromatic rings. The maximum absolute atomic E-state index is 11.7. The third-order valence-corrected chi connectivity index (χ3v) is 2.53. The molecular formula is C10H16O3. The zero-order valence-electron chi connectivity index (χ0n) is 8.04. The molecule has 0 aromatic heterocycles. The van der Waals surface area contributed by atoms with Crippen LogP contribution in [-0.4, -0.2) is 31.7 Å². The molecule has 0 N–H and O–H groups in total. The molecule has 0 spiro atoms. The summed E-state index contributed by atoms with van der Waals surface area (Å²) in [5.41, 5.74) is -0.605. The monoisotopic (exact) mass is 184 g/mol. The highest BCUT2D eigenvalue weighted by molar-refractivity contribution is 5.88. The minimum atomic E-state index is -0.605. The van der Waals surface area contributed by atoms with Crippen molar-refractivity contribution < 1.29 is 14.3 Å². The van der Waals surface area contributed by atoms with Crippen molar-refractivity contribution in [3.8, 4) is 0 Å².